The summed E-state index contributed by atoms with van der Waals surface area (Å²) in [7, 11) is 0. The van der Waals surface area contributed by atoms with Gasteiger partial charge in [0.1, 0.15) is 65.6 Å². The Kier molecular flexibility index (Phi) is 25.5. The number of guanidine groups is 1. The third-order valence-corrected chi connectivity index (χ3v) is 14.0. The third-order valence-electron chi connectivity index (χ3n) is 12.9. The Balaban J connectivity index is 1.86. The maximum Gasteiger partial charge on any atom is 0.305 e. The first-order valence-corrected chi connectivity index (χ1v) is 27.4. The number of amides is 9. The topological polar surface area (TPSA) is 438 Å². The molecule has 26 nitrogen and oxygen atoms in total. The summed E-state index contributed by atoms with van der Waals surface area (Å²) in [5.41, 5.74) is 18.1. The van der Waals surface area contributed by atoms with Crippen LogP contribution in [0.3, 0.4) is 0 Å². The van der Waals surface area contributed by atoms with E-state index >= 15 is 0 Å². The molecule has 3 aromatic rings. The van der Waals surface area contributed by atoms with Gasteiger partial charge in [0.15, 0.2) is 5.96 Å². The van der Waals surface area contributed by atoms with E-state index in [-0.39, 0.29) is 79.9 Å². The largest absolute Gasteiger partial charge is 0.508 e. The third kappa shape index (κ3) is 22.2. The number of carbonyl (C=O) groups is 10. The molecule has 81 heavy (non-hydrogen) atoms. The summed E-state index contributed by atoms with van der Waals surface area (Å²) in [5.74, 6) is -12.3. The number of phenolic OH excluding ortho intramolecular Hbond substituents is 3. The van der Waals surface area contributed by atoms with Gasteiger partial charge in [-0.2, -0.15) is 0 Å². The SMILES string of the molecule is CC[C@H](C)[C@@H]1NC(=O)[C@H](Cc2ccc(O)cc2)NC(=O)CSC[C@@H](C(N)=O)NC(=O)[C@H](Cc2ccc(O)cc2)NC(=O)[C@H](CC(=O)O)NC(=O)[C@H](Cc2ccc(O)cc2)NC(=O)[C@H](CC(C)C)NC(=O)[C@H](CCCN=C(N)N)NC1=O. The van der Waals surface area contributed by atoms with Crippen molar-refractivity contribution in [2.45, 2.75) is 127 Å². The number of thioether (sulfide) groups is 1. The minimum atomic E-state index is -1.93. The number of carboxylic acid groups (broad SMARTS) is 1. The average molecular weight is 1150 g/mol. The second-order valence-electron chi connectivity index (χ2n) is 20.1. The normalized spacial score (nSPS) is 22.9. The molecule has 0 bridgehead atoms. The summed E-state index contributed by atoms with van der Waals surface area (Å²) in [4.78, 5) is 144. The van der Waals surface area contributed by atoms with Gasteiger partial charge in [0.25, 0.3) is 0 Å². The molecule has 3 aromatic carbocycles. The van der Waals surface area contributed by atoms with E-state index in [1.165, 1.54) is 72.8 Å². The molecule has 0 radical (unpaired) electrons. The summed E-state index contributed by atoms with van der Waals surface area (Å²) < 4.78 is 0. The maximum absolute atomic E-state index is 14.5. The highest BCUT2D eigenvalue weighted by atomic mass is 32.2. The Morgan fingerprint density at radius 2 is 0.975 bits per heavy atom. The molecular weight excluding hydrogens is 1070 g/mol. The molecule has 0 aromatic heterocycles. The highest BCUT2D eigenvalue weighted by Gasteiger charge is 2.37. The minimum absolute atomic E-state index is 0.0182. The van der Waals surface area contributed by atoms with Gasteiger partial charge >= 0.3 is 5.97 Å². The van der Waals surface area contributed by atoms with E-state index in [9.17, 15) is 68.4 Å². The van der Waals surface area contributed by atoms with Gasteiger partial charge in [-0.3, -0.25) is 52.9 Å². The number of hydrogen-bond acceptors (Lipinski definition) is 15. The van der Waals surface area contributed by atoms with Crippen molar-refractivity contribution in [2.75, 3.05) is 18.1 Å². The number of rotatable bonds is 17. The first-order valence-electron chi connectivity index (χ1n) is 26.2. The summed E-state index contributed by atoms with van der Waals surface area (Å²) in [5, 5.41) is 60.7. The van der Waals surface area contributed by atoms with Crippen molar-refractivity contribution in [3.8, 4) is 17.2 Å². The lowest BCUT2D eigenvalue weighted by molar-refractivity contribution is -0.141. The lowest BCUT2D eigenvalue weighted by atomic mass is 9.96. The van der Waals surface area contributed by atoms with E-state index in [1.54, 1.807) is 27.7 Å². The summed E-state index contributed by atoms with van der Waals surface area (Å²) in [6.45, 7) is 6.96. The number of nitrogens with zero attached hydrogens (tertiary/aromatic N) is 1. The molecule has 0 saturated carbocycles. The van der Waals surface area contributed by atoms with Crippen LogP contribution >= 0.6 is 11.8 Å². The van der Waals surface area contributed by atoms with Crippen molar-refractivity contribution < 1.29 is 68.4 Å². The fourth-order valence-corrected chi connectivity index (χ4v) is 9.24. The number of aliphatic carboxylic acids is 1. The predicted molar refractivity (Wildman–Crippen MR) is 298 cm³/mol. The quantitative estimate of drug-likeness (QED) is 0.0418. The van der Waals surface area contributed by atoms with Crippen LogP contribution in [0.25, 0.3) is 0 Å². The Hall–Kier alpha value is -8.62. The van der Waals surface area contributed by atoms with Gasteiger partial charge in [-0.25, -0.2) is 0 Å². The van der Waals surface area contributed by atoms with Crippen LogP contribution in [0, 0.1) is 11.8 Å². The van der Waals surface area contributed by atoms with Gasteiger partial charge < -0.3 is 80.2 Å². The number of nitrogens with two attached hydrogens (primary N) is 3. The van der Waals surface area contributed by atoms with E-state index in [1.807, 2.05) is 0 Å². The van der Waals surface area contributed by atoms with Crippen LogP contribution in [-0.2, 0) is 67.2 Å². The maximum atomic E-state index is 14.5. The van der Waals surface area contributed by atoms with Crippen LogP contribution in [0.4, 0.5) is 0 Å². The number of aliphatic imine (C=N–C) groups is 1. The molecule has 1 heterocycles. The van der Waals surface area contributed by atoms with Crippen LogP contribution in [0.2, 0.25) is 0 Å². The average Bonchev–Trinajstić information content (AvgIpc) is 3.40. The predicted octanol–water partition coefficient (Wildman–Crippen LogP) is -1.44. The zero-order chi connectivity index (χ0) is 59.9. The molecule has 9 atom stereocenters. The van der Waals surface area contributed by atoms with Crippen molar-refractivity contribution >= 4 is 76.9 Å². The van der Waals surface area contributed by atoms with Crippen LogP contribution in [0.1, 0.15) is 76.5 Å². The van der Waals surface area contributed by atoms with E-state index in [2.05, 4.69) is 47.5 Å². The molecular formula is C54H74N12O14S. The van der Waals surface area contributed by atoms with Crippen molar-refractivity contribution in [1.29, 1.82) is 0 Å². The van der Waals surface area contributed by atoms with Crippen LogP contribution < -0.4 is 59.7 Å². The number of carbonyl (C=O) groups excluding carboxylic acids is 9. The van der Waals surface area contributed by atoms with E-state index < -0.39 is 126 Å². The van der Waals surface area contributed by atoms with Crippen LogP contribution in [0.15, 0.2) is 77.8 Å². The second kappa shape index (κ2) is 31.8. The summed E-state index contributed by atoms with van der Waals surface area (Å²) in [6.07, 6.45) is -1.53. The van der Waals surface area contributed by atoms with Crippen molar-refractivity contribution in [2.24, 2.45) is 34.0 Å². The number of carboxylic acids is 1. The summed E-state index contributed by atoms with van der Waals surface area (Å²) in [6, 6.07) is 4.60. The Morgan fingerprint density at radius 3 is 1.43 bits per heavy atom. The molecule has 4 rings (SSSR count). The lowest BCUT2D eigenvalue weighted by Crippen LogP contribution is -2.61. The molecule has 1 saturated heterocycles. The van der Waals surface area contributed by atoms with E-state index in [0.29, 0.717) is 23.1 Å². The van der Waals surface area contributed by atoms with E-state index in [4.69, 9.17) is 17.2 Å². The molecule has 27 heteroatoms. The van der Waals surface area contributed by atoms with Crippen LogP contribution in [0.5, 0.6) is 17.2 Å². The Morgan fingerprint density at radius 1 is 0.568 bits per heavy atom. The molecule has 9 amide bonds. The lowest BCUT2D eigenvalue weighted by Gasteiger charge is -2.30. The van der Waals surface area contributed by atoms with Crippen LogP contribution in [-0.4, -0.2) is 152 Å². The number of aromatic hydroxyl groups is 3. The molecule has 0 spiro atoms. The first kappa shape index (κ1) is 64.9. The highest BCUT2D eigenvalue weighted by Crippen LogP contribution is 2.18. The molecule has 0 unspecified atom stereocenters. The minimum Gasteiger partial charge on any atom is -0.508 e. The highest BCUT2D eigenvalue weighted by molar-refractivity contribution is 8.00. The van der Waals surface area contributed by atoms with Gasteiger partial charge in [-0.1, -0.05) is 70.5 Å². The van der Waals surface area contributed by atoms with Gasteiger partial charge in [0, 0.05) is 31.6 Å². The van der Waals surface area contributed by atoms with Crippen molar-refractivity contribution in [1.82, 2.24) is 42.5 Å². The molecule has 1 aliphatic heterocycles. The van der Waals surface area contributed by atoms with Crippen molar-refractivity contribution in [3.63, 3.8) is 0 Å². The number of primary amides is 1. The summed E-state index contributed by atoms with van der Waals surface area (Å²) >= 11 is 0.828. The molecule has 18 N–H and O–H groups in total. The second-order valence-corrected chi connectivity index (χ2v) is 21.1. The Labute approximate surface area is 472 Å². The standard InChI is InChI=1S/C54H74N12O14S/c1-5-29(4)45-53(80)60-36(7-6-20-58-54(56)57)47(74)61-37(21-28(2)3)48(75)62-39(23-31-10-16-34(68)17-11-31)49(76)64-41(25-44(71)72)51(78)63-40(24-32-12-18-35(69)19-13-32)50(77)65-42(46(55)73)26-81-27-43(70)59-38(52(79)66-45)22-30-8-14-33(67)15-9-30/h8-19,28-29,36-42,45,67-69H,5-7,20-27H2,1-4H3,(H2,55,73)(H,59,70)(H,60,80)(H,61,74)(H,62,75)(H,63,78)(H,64,76)(H,65,77)(H,66,79)(H,71,72)(H4,56,57,58)/t29-,36-,37-,38-,39-,40-,41-,42-,45-/m0/s1. The fourth-order valence-electron chi connectivity index (χ4n) is 8.37. The van der Waals surface area contributed by atoms with Gasteiger partial charge in [-0.05, 0) is 84.2 Å². The van der Waals surface area contributed by atoms with Gasteiger partial charge in [0.05, 0.1) is 12.2 Å². The number of nitrogens with one attached hydrogen (secondary N) is 8. The number of benzene rings is 3. The molecule has 1 aliphatic rings. The fraction of sp³-hybridized carbons (Fsp3) is 0.463. The van der Waals surface area contributed by atoms with E-state index in [0.717, 1.165) is 11.8 Å². The van der Waals surface area contributed by atoms with Crippen molar-refractivity contribution in [3.05, 3.63) is 89.5 Å². The Bertz CT molecular complexity index is 2710. The first-order chi connectivity index (χ1) is 38.3. The number of phenols is 3. The molecule has 1 fully saturated rings. The number of hydrogen-bond donors (Lipinski definition) is 15. The smallest absolute Gasteiger partial charge is 0.305 e. The van der Waals surface area contributed by atoms with Gasteiger partial charge in [0.2, 0.25) is 53.2 Å². The zero-order valence-corrected chi connectivity index (χ0v) is 46.3. The molecule has 440 valence electrons. The zero-order valence-electron chi connectivity index (χ0n) is 45.4. The van der Waals surface area contributed by atoms with Gasteiger partial charge in [-0.15, -0.1) is 11.8 Å². The monoisotopic (exact) mass is 1150 g/mol. The molecule has 0 aliphatic carbocycles.